The Bertz CT molecular complexity index is 2490. The van der Waals surface area contributed by atoms with Crippen LogP contribution in [0.3, 0.4) is 0 Å². The van der Waals surface area contributed by atoms with Crippen molar-refractivity contribution in [1.82, 2.24) is 19.6 Å². The molecule has 22 nitrogen and oxygen atoms in total. The van der Waals surface area contributed by atoms with E-state index in [0.29, 0.717) is 51.7 Å². The minimum atomic E-state index is -0.643. The van der Waals surface area contributed by atoms with Gasteiger partial charge in [0.25, 0.3) is 0 Å². The van der Waals surface area contributed by atoms with E-state index in [9.17, 15) is 54.9 Å². The van der Waals surface area contributed by atoms with Crippen LogP contribution in [-0.4, -0.2) is 172 Å². The maximum absolute atomic E-state index is 12.3. The molecule has 7 N–H and O–H groups in total. The number of hydrogen-bond donors (Lipinski definition) is 7. The highest BCUT2D eigenvalue weighted by molar-refractivity contribution is 5.77. The van der Waals surface area contributed by atoms with Crippen LogP contribution < -0.4 is 14.2 Å². The van der Waals surface area contributed by atoms with Gasteiger partial charge in [-0.15, -0.1) is 0 Å². The van der Waals surface area contributed by atoms with Crippen LogP contribution in [0.15, 0.2) is 72.8 Å². The average molecular weight is 1150 g/mol. The Hall–Kier alpha value is -6.76. The lowest BCUT2D eigenvalue weighted by molar-refractivity contribution is -0.156. The summed E-state index contributed by atoms with van der Waals surface area (Å²) in [6.07, 6.45) is 2.03. The van der Waals surface area contributed by atoms with E-state index in [-0.39, 0.29) is 89.8 Å². The van der Waals surface area contributed by atoms with E-state index < -0.39 is 70.1 Å². The van der Waals surface area contributed by atoms with Crippen LogP contribution in [0.1, 0.15) is 130 Å². The molecule has 0 aromatic heterocycles. The summed E-state index contributed by atoms with van der Waals surface area (Å²) in [4.78, 5) is 53.3. The number of aromatic hydroxyl groups is 1. The molecular weight excluding hydrogens is 1060 g/mol. The molecule has 456 valence electrons. The topological polar surface area (TPSA) is 287 Å². The van der Waals surface area contributed by atoms with Gasteiger partial charge in [-0.05, 0) is 101 Å². The molecule has 3 unspecified atom stereocenters. The molecule has 2 aliphatic rings. The van der Waals surface area contributed by atoms with Crippen LogP contribution in [0.2, 0.25) is 0 Å². The Balaban J connectivity index is 0.000000321. The molecule has 2 fully saturated rings. The van der Waals surface area contributed by atoms with Crippen molar-refractivity contribution in [3.8, 4) is 23.0 Å². The van der Waals surface area contributed by atoms with Crippen molar-refractivity contribution < 1.29 is 88.1 Å². The Morgan fingerprint density at radius 3 is 1.09 bits per heavy atom. The SMILES string of the molecule is C.CCC(C)c1ccc(OCC(=O)OC2CN(CO)C(=O)N(CO)C2)cc1.CCC(C)c1ccc(OCC(=O)OC2CN(COC)C(=O)N(COC)C2)cc1.CCC(C)c1ccc(OCc2c(CO)c(CO)c(O)c(CO)c2CO)cc1. The second-order valence-corrected chi connectivity index (χ2v) is 19.7. The van der Waals surface area contributed by atoms with Crippen molar-refractivity contribution in [2.45, 2.75) is 131 Å². The van der Waals surface area contributed by atoms with Crippen molar-refractivity contribution in [3.63, 3.8) is 0 Å². The van der Waals surface area contributed by atoms with Crippen molar-refractivity contribution >= 4 is 24.0 Å². The molecule has 0 saturated carbocycles. The average Bonchev–Trinajstić information content (AvgIpc) is 3.53. The molecule has 4 aromatic rings. The van der Waals surface area contributed by atoms with Crippen LogP contribution >= 0.6 is 0 Å². The predicted octanol–water partition coefficient (Wildman–Crippen LogP) is 6.65. The van der Waals surface area contributed by atoms with Gasteiger partial charge in [0, 0.05) is 30.9 Å². The lowest BCUT2D eigenvalue weighted by Gasteiger charge is -2.38. The van der Waals surface area contributed by atoms with E-state index in [0.717, 1.165) is 29.1 Å². The molecule has 2 heterocycles. The van der Waals surface area contributed by atoms with Crippen LogP contribution in [0, 0.1) is 0 Å². The first-order valence-electron chi connectivity index (χ1n) is 27.1. The number of hydrogen-bond acceptors (Lipinski definition) is 18. The first-order valence-corrected chi connectivity index (χ1v) is 27.1. The van der Waals surface area contributed by atoms with Gasteiger partial charge in [0.2, 0.25) is 0 Å². The second-order valence-electron chi connectivity index (χ2n) is 19.7. The fraction of sp³-hybridized carbons (Fsp3) is 0.533. The molecule has 0 bridgehead atoms. The second kappa shape index (κ2) is 36.0. The van der Waals surface area contributed by atoms with Gasteiger partial charge < -0.3 is 68.9 Å². The molecule has 4 aromatic carbocycles. The first kappa shape index (κ1) is 69.5. The molecule has 2 saturated heterocycles. The third-order valence-corrected chi connectivity index (χ3v) is 14.2. The fourth-order valence-electron chi connectivity index (χ4n) is 8.90. The largest absolute Gasteiger partial charge is 0.507 e. The minimum Gasteiger partial charge on any atom is -0.507 e. The van der Waals surface area contributed by atoms with Crippen molar-refractivity contribution in [2.24, 2.45) is 0 Å². The molecule has 0 aliphatic carbocycles. The third-order valence-electron chi connectivity index (χ3n) is 14.2. The zero-order chi connectivity index (χ0) is 59.6. The van der Waals surface area contributed by atoms with Gasteiger partial charge in [-0.2, -0.15) is 0 Å². The summed E-state index contributed by atoms with van der Waals surface area (Å²) in [5.41, 5.74) is 4.97. The van der Waals surface area contributed by atoms with Crippen LogP contribution in [0.5, 0.6) is 23.0 Å². The molecule has 0 radical (unpaired) electrons. The quantitative estimate of drug-likeness (QED) is 0.0307. The van der Waals surface area contributed by atoms with E-state index in [1.807, 2.05) is 72.8 Å². The van der Waals surface area contributed by atoms with Crippen LogP contribution in [0.4, 0.5) is 9.59 Å². The monoisotopic (exact) mass is 1150 g/mol. The van der Waals surface area contributed by atoms with E-state index >= 15 is 0 Å². The number of ether oxygens (including phenoxy) is 7. The number of nitrogens with zero attached hydrogens (tertiary/aromatic N) is 4. The highest BCUT2D eigenvalue weighted by atomic mass is 16.6. The maximum Gasteiger partial charge on any atom is 0.344 e. The molecule has 4 amide bonds. The van der Waals surface area contributed by atoms with Gasteiger partial charge in [-0.3, -0.25) is 19.6 Å². The molecule has 22 heteroatoms. The number of phenols is 1. The summed E-state index contributed by atoms with van der Waals surface area (Å²) in [6, 6.07) is 22.3. The number of rotatable bonds is 27. The van der Waals surface area contributed by atoms with E-state index in [2.05, 4.69) is 41.5 Å². The number of amides is 4. The maximum atomic E-state index is 12.3. The summed E-state index contributed by atoms with van der Waals surface area (Å²) in [7, 11) is 3.01. The van der Waals surface area contributed by atoms with Gasteiger partial charge in [0.1, 0.15) is 68.7 Å². The highest BCUT2D eigenvalue weighted by Crippen LogP contribution is 2.35. The molecule has 0 spiro atoms. The van der Waals surface area contributed by atoms with Crippen LogP contribution in [-0.2, 0) is 61.6 Å². The standard InChI is InChI=1S/C21H28O6.C20H30N2O6.C18H26N2O6.CH4/c1-3-13(2)14-4-6-15(7-5-14)27-12-20-16(8-22)18(10-24)21(26)19(11-25)17(20)9-23;1-5-15(2)16-6-8-17(9-7-16)27-12-19(23)28-18-10-21(13-25-3)20(24)22(11-18)14-26-4;1-3-13(2)14-4-6-15(7-5-14)25-10-17(23)26-16-8-19(11-21)18(24)20(9-16)12-22;/h4-7,13,22-26H,3,8-12H2,1-2H3;6-9,15,18H,5,10-14H2,1-4H3;4-7,13,16,21-22H,3,8-12H2,1-2H3;1H4. The van der Waals surface area contributed by atoms with E-state index in [4.69, 9.17) is 33.2 Å². The lowest BCUT2D eigenvalue weighted by Crippen LogP contribution is -2.57. The third kappa shape index (κ3) is 20.0. The van der Waals surface area contributed by atoms with Crippen molar-refractivity contribution in [2.75, 3.05) is 80.5 Å². The number of carbonyl (C=O) groups excluding carboxylic acids is 4. The van der Waals surface area contributed by atoms with Crippen LogP contribution in [0.25, 0.3) is 0 Å². The zero-order valence-corrected chi connectivity index (χ0v) is 48.0. The molecular formula is C60H88N4O18. The number of esters is 2. The van der Waals surface area contributed by atoms with Gasteiger partial charge >= 0.3 is 24.0 Å². The first-order chi connectivity index (χ1) is 39.0. The zero-order valence-electron chi connectivity index (χ0n) is 48.0. The normalized spacial score (nSPS) is 14.8. The number of urea groups is 2. The van der Waals surface area contributed by atoms with Gasteiger partial charge in [-0.1, -0.05) is 85.4 Å². The van der Waals surface area contributed by atoms with Crippen molar-refractivity contribution in [3.05, 3.63) is 117 Å². The number of aliphatic hydroxyl groups excluding tert-OH is 6. The summed E-state index contributed by atoms with van der Waals surface area (Å²) in [6.45, 7) is 10.4. The number of carbonyl (C=O) groups is 4. The van der Waals surface area contributed by atoms with E-state index in [1.165, 1.54) is 40.7 Å². The summed E-state index contributed by atoms with van der Waals surface area (Å²) >= 11 is 0. The predicted molar refractivity (Wildman–Crippen MR) is 305 cm³/mol. The van der Waals surface area contributed by atoms with Gasteiger partial charge in [0.15, 0.2) is 13.2 Å². The smallest absolute Gasteiger partial charge is 0.344 e. The molecule has 2 aliphatic heterocycles. The fourth-order valence-corrected chi connectivity index (χ4v) is 8.90. The Morgan fingerprint density at radius 1 is 0.488 bits per heavy atom. The van der Waals surface area contributed by atoms with E-state index in [1.54, 1.807) is 0 Å². The molecule has 82 heavy (non-hydrogen) atoms. The number of benzene rings is 4. The lowest BCUT2D eigenvalue weighted by atomic mass is 9.91. The van der Waals surface area contributed by atoms with Crippen molar-refractivity contribution in [1.29, 1.82) is 0 Å². The number of aliphatic hydroxyl groups is 6. The summed E-state index contributed by atoms with van der Waals surface area (Å²) < 4.78 is 37.6. The van der Waals surface area contributed by atoms with Gasteiger partial charge in [-0.25, -0.2) is 19.2 Å². The Kier molecular flexibility index (Phi) is 30.5. The van der Waals surface area contributed by atoms with Gasteiger partial charge in [0.05, 0.1) is 52.6 Å². The Labute approximate surface area is 482 Å². The molecule has 3 atom stereocenters. The Morgan fingerprint density at radius 2 is 0.793 bits per heavy atom. The number of methoxy groups -OCH3 is 2. The molecule has 6 rings (SSSR count). The summed E-state index contributed by atoms with van der Waals surface area (Å²) in [5.74, 6) is 1.84. The highest BCUT2D eigenvalue weighted by Gasteiger charge is 2.35. The summed E-state index contributed by atoms with van der Waals surface area (Å²) in [5, 5.41) is 67.2. The minimum absolute atomic E-state index is 0.